The molecule has 0 radical (unpaired) electrons. The van der Waals surface area contributed by atoms with E-state index in [-0.39, 0.29) is 6.54 Å². The van der Waals surface area contributed by atoms with E-state index < -0.39 is 36.9 Å². The SMILES string of the molecule is COCCCNC(=O)[C@H](O)[C@H](O)[C@H](O)[C@@H](O)CO. The smallest absolute Gasteiger partial charge is 0.251 e. The number of carbonyl (C=O) groups is 1. The van der Waals surface area contributed by atoms with Gasteiger partial charge in [-0.1, -0.05) is 0 Å². The summed E-state index contributed by atoms with van der Waals surface area (Å²) in [5.41, 5.74) is 0. The maximum Gasteiger partial charge on any atom is 0.251 e. The van der Waals surface area contributed by atoms with Crippen molar-refractivity contribution in [2.75, 3.05) is 26.9 Å². The molecule has 8 nitrogen and oxygen atoms in total. The maximum atomic E-state index is 11.3. The van der Waals surface area contributed by atoms with Crippen molar-refractivity contribution in [3.05, 3.63) is 0 Å². The van der Waals surface area contributed by atoms with Gasteiger partial charge >= 0.3 is 0 Å². The van der Waals surface area contributed by atoms with Crippen LogP contribution in [0.5, 0.6) is 0 Å². The van der Waals surface area contributed by atoms with Gasteiger partial charge in [0.15, 0.2) is 6.10 Å². The molecular weight excluding hydrogens is 246 g/mol. The molecule has 6 N–H and O–H groups in total. The number of hydrogen-bond acceptors (Lipinski definition) is 7. The molecule has 0 aliphatic heterocycles. The Morgan fingerprint density at radius 1 is 1.22 bits per heavy atom. The first kappa shape index (κ1) is 17.2. The van der Waals surface area contributed by atoms with E-state index in [1.807, 2.05) is 0 Å². The molecule has 0 unspecified atom stereocenters. The van der Waals surface area contributed by atoms with E-state index in [9.17, 15) is 20.1 Å². The Kier molecular flexibility index (Phi) is 8.81. The largest absolute Gasteiger partial charge is 0.394 e. The Labute approximate surface area is 105 Å². The Hall–Kier alpha value is -0.770. The van der Waals surface area contributed by atoms with Gasteiger partial charge in [0, 0.05) is 20.3 Å². The van der Waals surface area contributed by atoms with Crippen molar-refractivity contribution in [2.24, 2.45) is 0 Å². The van der Waals surface area contributed by atoms with Crippen molar-refractivity contribution in [2.45, 2.75) is 30.8 Å². The topological polar surface area (TPSA) is 139 Å². The lowest BCUT2D eigenvalue weighted by Gasteiger charge is -2.24. The van der Waals surface area contributed by atoms with E-state index in [1.54, 1.807) is 0 Å². The van der Waals surface area contributed by atoms with Crippen LogP contribution in [0.2, 0.25) is 0 Å². The van der Waals surface area contributed by atoms with Gasteiger partial charge in [-0.2, -0.15) is 0 Å². The lowest BCUT2D eigenvalue weighted by Crippen LogP contribution is -2.51. The summed E-state index contributed by atoms with van der Waals surface area (Å²) < 4.78 is 4.75. The zero-order chi connectivity index (χ0) is 14.1. The van der Waals surface area contributed by atoms with Gasteiger partial charge in [-0.25, -0.2) is 0 Å². The van der Waals surface area contributed by atoms with Crippen LogP contribution in [0.15, 0.2) is 0 Å². The second-order valence-corrected chi connectivity index (χ2v) is 3.81. The quantitative estimate of drug-likeness (QED) is 0.239. The van der Waals surface area contributed by atoms with E-state index in [0.717, 1.165) is 0 Å². The molecule has 0 aliphatic carbocycles. The molecule has 108 valence electrons. The molecule has 1 amide bonds. The summed E-state index contributed by atoms with van der Waals surface area (Å²) in [6, 6.07) is 0. The summed E-state index contributed by atoms with van der Waals surface area (Å²) in [6.07, 6.45) is -6.67. The average molecular weight is 267 g/mol. The number of rotatable bonds is 9. The molecule has 0 saturated heterocycles. The van der Waals surface area contributed by atoms with Crippen LogP contribution < -0.4 is 5.32 Å². The fourth-order valence-electron chi connectivity index (χ4n) is 1.21. The fraction of sp³-hybridized carbons (Fsp3) is 0.900. The summed E-state index contributed by atoms with van der Waals surface area (Å²) in [6.45, 7) is -0.111. The molecule has 0 aromatic carbocycles. The second-order valence-electron chi connectivity index (χ2n) is 3.81. The molecule has 0 rings (SSSR count). The van der Waals surface area contributed by atoms with Gasteiger partial charge in [0.25, 0.3) is 5.91 Å². The van der Waals surface area contributed by atoms with Crippen LogP contribution >= 0.6 is 0 Å². The fourth-order valence-corrected chi connectivity index (χ4v) is 1.21. The van der Waals surface area contributed by atoms with Gasteiger partial charge in [-0.05, 0) is 6.42 Å². The Morgan fingerprint density at radius 3 is 2.33 bits per heavy atom. The molecule has 0 saturated carbocycles. The molecule has 8 heteroatoms. The third kappa shape index (κ3) is 5.71. The number of aliphatic hydroxyl groups is 5. The van der Waals surface area contributed by atoms with Crippen LogP contribution in [0.3, 0.4) is 0 Å². The first-order chi connectivity index (χ1) is 8.45. The van der Waals surface area contributed by atoms with Crippen molar-refractivity contribution in [3.63, 3.8) is 0 Å². The number of aliphatic hydroxyl groups excluding tert-OH is 5. The highest BCUT2D eigenvalue weighted by atomic mass is 16.5. The van der Waals surface area contributed by atoms with E-state index in [4.69, 9.17) is 14.9 Å². The Morgan fingerprint density at radius 2 is 1.83 bits per heavy atom. The van der Waals surface area contributed by atoms with Crippen LogP contribution in [0.4, 0.5) is 0 Å². The summed E-state index contributed by atoms with van der Waals surface area (Å²) in [7, 11) is 1.51. The van der Waals surface area contributed by atoms with Crippen molar-refractivity contribution < 1.29 is 35.1 Å². The number of amides is 1. The highest BCUT2D eigenvalue weighted by molar-refractivity contribution is 5.81. The average Bonchev–Trinajstić information content (AvgIpc) is 2.39. The standard InChI is InChI=1S/C10H21NO7/c1-18-4-2-3-11-10(17)9(16)8(15)7(14)6(13)5-12/h6-9,12-16H,2-5H2,1H3,(H,11,17)/t6-,7+,8+,9+/m0/s1. The third-order valence-corrected chi connectivity index (χ3v) is 2.35. The zero-order valence-electron chi connectivity index (χ0n) is 10.2. The van der Waals surface area contributed by atoms with E-state index >= 15 is 0 Å². The minimum atomic E-state index is -1.89. The second kappa shape index (κ2) is 9.20. The molecule has 0 spiro atoms. The van der Waals surface area contributed by atoms with Gasteiger partial charge in [-0.15, -0.1) is 0 Å². The van der Waals surface area contributed by atoms with E-state index in [0.29, 0.717) is 13.0 Å². The van der Waals surface area contributed by atoms with E-state index in [2.05, 4.69) is 5.32 Å². The number of methoxy groups -OCH3 is 1. The number of nitrogens with one attached hydrogen (secondary N) is 1. The third-order valence-electron chi connectivity index (χ3n) is 2.35. The molecule has 0 heterocycles. The molecular formula is C10H21NO7. The lowest BCUT2D eigenvalue weighted by molar-refractivity contribution is -0.148. The van der Waals surface area contributed by atoms with Crippen molar-refractivity contribution in [1.82, 2.24) is 5.32 Å². The van der Waals surface area contributed by atoms with Crippen molar-refractivity contribution >= 4 is 5.91 Å². The maximum absolute atomic E-state index is 11.3. The summed E-state index contributed by atoms with van der Waals surface area (Å²) >= 11 is 0. The van der Waals surface area contributed by atoms with Gasteiger partial charge in [0.2, 0.25) is 0 Å². The molecule has 4 atom stereocenters. The minimum Gasteiger partial charge on any atom is -0.394 e. The first-order valence-corrected chi connectivity index (χ1v) is 5.55. The first-order valence-electron chi connectivity index (χ1n) is 5.55. The van der Waals surface area contributed by atoms with E-state index in [1.165, 1.54) is 7.11 Å². The molecule has 0 fully saturated rings. The molecule has 0 aromatic rings. The highest BCUT2D eigenvalue weighted by Crippen LogP contribution is 2.05. The van der Waals surface area contributed by atoms with Gasteiger partial charge < -0.3 is 35.6 Å². The van der Waals surface area contributed by atoms with Crippen molar-refractivity contribution in [3.8, 4) is 0 Å². The Bertz CT molecular complexity index is 238. The summed E-state index contributed by atoms with van der Waals surface area (Å²) in [5, 5.41) is 48.0. The van der Waals surface area contributed by atoms with Gasteiger partial charge in [-0.3, -0.25) is 4.79 Å². The van der Waals surface area contributed by atoms with Crippen molar-refractivity contribution in [1.29, 1.82) is 0 Å². The highest BCUT2D eigenvalue weighted by Gasteiger charge is 2.33. The Balaban J connectivity index is 4.11. The normalized spacial score (nSPS) is 17.9. The van der Waals surface area contributed by atoms with Crippen LogP contribution in [0.25, 0.3) is 0 Å². The minimum absolute atomic E-state index is 0.245. The van der Waals surface area contributed by atoms with Gasteiger partial charge in [0.1, 0.15) is 18.3 Å². The molecule has 0 bridgehead atoms. The predicted molar refractivity (Wildman–Crippen MR) is 60.6 cm³/mol. The molecule has 0 aliphatic rings. The monoisotopic (exact) mass is 267 g/mol. The number of carbonyl (C=O) groups excluding carboxylic acids is 1. The molecule has 0 aromatic heterocycles. The number of hydrogen-bond donors (Lipinski definition) is 6. The summed E-state index contributed by atoms with van der Waals surface area (Å²) in [5.74, 6) is -0.872. The van der Waals surface area contributed by atoms with Crippen LogP contribution in [-0.2, 0) is 9.53 Å². The van der Waals surface area contributed by atoms with Crippen LogP contribution in [0, 0.1) is 0 Å². The van der Waals surface area contributed by atoms with Crippen LogP contribution in [-0.4, -0.2) is 82.7 Å². The van der Waals surface area contributed by atoms with Crippen LogP contribution in [0.1, 0.15) is 6.42 Å². The molecule has 18 heavy (non-hydrogen) atoms. The predicted octanol–water partition coefficient (Wildman–Crippen LogP) is -3.42. The summed E-state index contributed by atoms with van der Waals surface area (Å²) in [4.78, 5) is 11.3. The number of ether oxygens (including phenoxy) is 1. The lowest BCUT2D eigenvalue weighted by atomic mass is 10.0. The van der Waals surface area contributed by atoms with Gasteiger partial charge in [0.05, 0.1) is 6.61 Å². The zero-order valence-corrected chi connectivity index (χ0v) is 10.2.